The molecule has 2 N–H and O–H groups in total. The molecular weight excluding hydrogens is 248 g/mol. The lowest BCUT2D eigenvalue weighted by Gasteiger charge is -2.08. The van der Waals surface area contributed by atoms with Crippen molar-refractivity contribution in [2.75, 3.05) is 11.9 Å². The first-order valence-electron chi connectivity index (χ1n) is 5.07. The van der Waals surface area contributed by atoms with Gasteiger partial charge in [-0.3, -0.25) is 4.79 Å². The number of nitrogens with zero attached hydrogens (tertiary/aromatic N) is 2. The van der Waals surface area contributed by atoms with Gasteiger partial charge in [0.2, 0.25) is 11.0 Å². The minimum Gasteiger partial charge on any atom is -0.313 e. The summed E-state index contributed by atoms with van der Waals surface area (Å²) in [5, 5.41) is 15.2. The van der Waals surface area contributed by atoms with Crippen molar-refractivity contribution in [1.29, 1.82) is 0 Å². The third-order valence-electron chi connectivity index (χ3n) is 2.37. The molecule has 0 spiro atoms. The van der Waals surface area contributed by atoms with E-state index in [0.29, 0.717) is 17.6 Å². The first-order chi connectivity index (χ1) is 7.24. The summed E-state index contributed by atoms with van der Waals surface area (Å²) in [4.78, 5) is 11.6. The smallest absolute Gasteiger partial charge is 0.227 e. The Kier molecular flexibility index (Phi) is 5.11. The van der Waals surface area contributed by atoms with E-state index >= 15 is 0 Å². The van der Waals surface area contributed by atoms with Gasteiger partial charge in [0.05, 0.1) is 0 Å². The summed E-state index contributed by atoms with van der Waals surface area (Å²) < 4.78 is 0. The number of rotatable bonds is 3. The normalized spacial score (nSPS) is 19.2. The zero-order valence-corrected chi connectivity index (χ0v) is 10.7. The molecule has 1 amide bonds. The summed E-state index contributed by atoms with van der Waals surface area (Å²) in [5.74, 6) is 0.0190. The molecule has 5 nitrogen and oxygen atoms in total. The maximum absolute atomic E-state index is 11.6. The van der Waals surface area contributed by atoms with Crippen LogP contribution >= 0.6 is 23.7 Å². The van der Waals surface area contributed by atoms with Crippen LogP contribution in [0.2, 0.25) is 0 Å². The highest BCUT2D eigenvalue weighted by Crippen LogP contribution is 2.15. The molecule has 1 saturated heterocycles. The third kappa shape index (κ3) is 3.70. The van der Waals surface area contributed by atoms with Crippen LogP contribution in [0.4, 0.5) is 5.13 Å². The quantitative estimate of drug-likeness (QED) is 0.863. The Morgan fingerprint density at radius 1 is 1.62 bits per heavy atom. The van der Waals surface area contributed by atoms with Crippen molar-refractivity contribution < 1.29 is 4.79 Å². The number of halogens is 1. The zero-order valence-electron chi connectivity index (χ0n) is 9.02. The van der Waals surface area contributed by atoms with Crippen molar-refractivity contribution in [3.8, 4) is 0 Å². The summed E-state index contributed by atoms with van der Waals surface area (Å²) in [7, 11) is 0. The minimum atomic E-state index is 0. The lowest BCUT2D eigenvalue weighted by atomic mass is 10.1. The van der Waals surface area contributed by atoms with E-state index in [2.05, 4.69) is 20.8 Å². The Morgan fingerprint density at radius 2 is 2.44 bits per heavy atom. The SMILES string of the molecule is Cc1nnc(NC(=O)CC2CCCN2)s1.Cl. The second-order valence-electron chi connectivity index (χ2n) is 3.67. The molecule has 0 radical (unpaired) electrons. The summed E-state index contributed by atoms with van der Waals surface area (Å²) >= 11 is 1.40. The molecule has 1 unspecified atom stereocenters. The fourth-order valence-electron chi connectivity index (χ4n) is 1.67. The summed E-state index contributed by atoms with van der Waals surface area (Å²) in [6.07, 6.45) is 2.77. The molecule has 1 aromatic heterocycles. The van der Waals surface area contributed by atoms with Gasteiger partial charge in [-0.05, 0) is 26.3 Å². The molecule has 1 aliphatic rings. The van der Waals surface area contributed by atoms with Crippen molar-refractivity contribution in [1.82, 2.24) is 15.5 Å². The van der Waals surface area contributed by atoms with Crippen LogP contribution in [0.15, 0.2) is 0 Å². The number of aromatic nitrogens is 2. The first kappa shape index (κ1) is 13.3. The fourth-order valence-corrected chi connectivity index (χ4v) is 2.28. The van der Waals surface area contributed by atoms with E-state index in [0.717, 1.165) is 24.4 Å². The van der Waals surface area contributed by atoms with E-state index in [1.807, 2.05) is 6.92 Å². The Balaban J connectivity index is 0.00000128. The van der Waals surface area contributed by atoms with Crippen LogP contribution in [0.5, 0.6) is 0 Å². The third-order valence-corrected chi connectivity index (χ3v) is 3.12. The van der Waals surface area contributed by atoms with E-state index in [4.69, 9.17) is 0 Å². The summed E-state index contributed by atoms with van der Waals surface area (Å²) in [5.41, 5.74) is 0. The molecule has 0 bridgehead atoms. The first-order valence-corrected chi connectivity index (χ1v) is 5.89. The van der Waals surface area contributed by atoms with Crippen LogP contribution in [-0.4, -0.2) is 28.7 Å². The number of anilines is 1. The topological polar surface area (TPSA) is 66.9 Å². The van der Waals surface area contributed by atoms with Gasteiger partial charge in [0, 0.05) is 12.5 Å². The van der Waals surface area contributed by atoms with Crippen molar-refractivity contribution in [2.24, 2.45) is 0 Å². The predicted octanol–water partition coefficient (Wildman–Crippen LogP) is 1.35. The van der Waals surface area contributed by atoms with Crippen LogP contribution in [0.1, 0.15) is 24.3 Å². The molecule has 0 aliphatic carbocycles. The largest absolute Gasteiger partial charge is 0.313 e. The van der Waals surface area contributed by atoms with Gasteiger partial charge in [-0.2, -0.15) is 0 Å². The van der Waals surface area contributed by atoms with Gasteiger partial charge < -0.3 is 10.6 Å². The highest BCUT2D eigenvalue weighted by Gasteiger charge is 2.18. The monoisotopic (exact) mass is 262 g/mol. The molecule has 1 aliphatic heterocycles. The van der Waals surface area contributed by atoms with Crippen molar-refractivity contribution in [3.63, 3.8) is 0 Å². The lowest BCUT2D eigenvalue weighted by Crippen LogP contribution is -2.27. The Bertz CT molecular complexity index is 351. The van der Waals surface area contributed by atoms with E-state index in [9.17, 15) is 4.79 Å². The summed E-state index contributed by atoms with van der Waals surface area (Å²) in [6, 6.07) is 0.332. The number of aryl methyl sites for hydroxylation is 1. The van der Waals surface area contributed by atoms with Gasteiger partial charge in [-0.25, -0.2) is 0 Å². The van der Waals surface area contributed by atoms with Crippen molar-refractivity contribution in [2.45, 2.75) is 32.2 Å². The van der Waals surface area contributed by atoms with Gasteiger partial charge in [0.15, 0.2) is 0 Å². The average molecular weight is 263 g/mol. The zero-order chi connectivity index (χ0) is 10.7. The van der Waals surface area contributed by atoms with Crippen LogP contribution in [0, 0.1) is 6.92 Å². The minimum absolute atomic E-state index is 0. The maximum Gasteiger partial charge on any atom is 0.227 e. The molecule has 1 aromatic rings. The Hall–Kier alpha value is -0.720. The van der Waals surface area contributed by atoms with Crippen LogP contribution in [-0.2, 0) is 4.79 Å². The van der Waals surface area contributed by atoms with Crippen LogP contribution in [0.25, 0.3) is 0 Å². The number of carbonyl (C=O) groups excluding carboxylic acids is 1. The van der Waals surface area contributed by atoms with Crippen molar-refractivity contribution >= 4 is 34.8 Å². The predicted molar refractivity (Wildman–Crippen MR) is 66.2 cm³/mol. The number of amides is 1. The number of hydrogen-bond acceptors (Lipinski definition) is 5. The van der Waals surface area contributed by atoms with Crippen molar-refractivity contribution in [3.05, 3.63) is 5.01 Å². The van der Waals surface area contributed by atoms with Gasteiger partial charge in [0.1, 0.15) is 5.01 Å². The molecule has 90 valence electrons. The lowest BCUT2D eigenvalue weighted by molar-refractivity contribution is -0.116. The molecular formula is C9H15ClN4OS. The number of carbonyl (C=O) groups is 1. The molecule has 16 heavy (non-hydrogen) atoms. The fraction of sp³-hybridized carbons (Fsp3) is 0.667. The number of hydrogen-bond donors (Lipinski definition) is 2. The van der Waals surface area contributed by atoms with Gasteiger partial charge in [-0.15, -0.1) is 22.6 Å². The Morgan fingerprint density at radius 3 is 3.00 bits per heavy atom. The molecule has 1 atom stereocenters. The highest BCUT2D eigenvalue weighted by molar-refractivity contribution is 7.15. The van der Waals surface area contributed by atoms with Crippen LogP contribution in [0.3, 0.4) is 0 Å². The molecule has 2 rings (SSSR count). The van der Waals surface area contributed by atoms with E-state index in [1.54, 1.807) is 0 Å². The molecule has 0 saturated carbocycles. The van der Waals surface area contributed by atoms with E-state index in [-0.39, 0.29) is 18.3 Å². The molecule has 1 fully saturated rings. The molecule has 7 heteroatoms. The van der Waals surface area contributed by atoms with E-state index in [1.165, 1.54) is 11.3 Å². The summed E-state index contributed by atoms with van der Waals surface area (Å²) in [6.45, 7) is 2.89. The molecule has 0 aromatic carbocycles. The van der Waals surface area contributed by atoms with Gasteiger partial charge in [-0.1, -0.05) is 11.3 Å². The second-order valence-corrected chi connectivity index (χ2v) is 4.85. The average Bonchev–Trinajstić information content (AvgIpc) is 2.77. The number of nitrogens with one attached hydrogen (secondary N) is 2. The second kappa shape index (κ2) is 6.12. The van der Waals surface area contributed by atoms with Crippen LogP contribution < -0.4 is 10.6 Å². The molecule has 2 heterocycles. The van der Waals surface area contributed by atoms with Gasteiger partial charge >= 0.3 is 0 Å². The highest BCUT2D eigenvalue weighted by atomic mass is 35.5. The van der Waals surface area contributed by atoms with Gasteiger partial charge in [0.25, 0.3) is 0 Å². The van der Waals surface area contributed by atoms with E-state index < -0.39 is 0 Å². The standard InChI is InChI=1S/C9H14N4OS.ClH/c1-6-12-13-9(15-6)11-8(14)5-7-3-2-4-10-7;/h7,10H,2-5H2,1H3,(H,11,13,14);1H. The Labute approximate surface area is 104 Å². The maximum atomic E-state index is 11.6.